The molecule has 0 bridgehead atoms. The Balaban J connectivity index is 1.97. The summed E-state index contributed by atoms with van der Waals surface area (Å²) < 4.78 is 5.73. The van der Waals surface area contributed by atoms with E-state index in [4.69, 9.17) is 10.5 Å². The lowest BCUT2D eigenvalue weighted by Crippen LogP contribution is -2.44. The Morgan fingerprint density at radius 1 is 1.35 bits per heavy atom. The first-order chi connectivity index (χ1) is 9.70. The molecule has 0 aromatic heterocycles. The van der Waals surface area contributed by atoms with Gasteiger partial charge in [-0.15, -0.1) is 0 Å². The van der Waals surface area contributed by atoms with E-state index in [1.54, 1.807) is 0 Å². The molecular weight excluding hydrogens is 248 g/mol. The van der Waals surface area contributed by atoms with Gasteiger partial charge in [0.2, 0.25) is 0 Å². The molecule has 112 valence electrons. The zero-order chi connectivity index (χ0) is 14.4. The topological polar surface area (TPSA) is 38.5 Å². The van der Waals surface area contributed by atoms with Gasteiger partial charge in [-0.3, -0.25) is 4.90 Å². The Morgan fingerprint density at radius 3 is 2.80 bits per heavy atom. The maximum atomic E-state index is 6.04. The summed E-state index contributed by atoms with van der Waals surface area (Å²) in [5.74, 6) is 0.546. The second-order valence-corrected chi connectivity index (χ2v) is 5.97. The van der Waals surface area contributed by atoms with Gasteiger partial charge in [-0.2, -0.15) is 0 Å². The van der Waals surface area contributed by atoms with Crippen LogP contribution in [0.15, 0.2) is 30.3 Å². The minimum absolute atomic E-state index is 0.318. The third kappa shape index (κ3) is 4.30. The molecular formula is C17H28N2O. The minimum Gasteiger partial charge on any atom is -0.377 e. The molecule has 0 amide bonds. The van der Waals surface area contributed by atoms with E-state index in [0.29, 0.717) is 18.1 Å². The summed E-state index contributed by atoms with van der Waals surface area (Å²) in [6.45, 7) is 8.17. The van der Waals surface area contributed by atoms with Gasteiger partial charge in [0.1, 0.15) is 0 Å². The molecule has 0 spiro atoms. The van der Waals surface area contributed by atoms with Gasteiger partial charge in [-0.25, -0.2) is 0 Å². The fourth-order valence-electron chi connectivity index (χ4n) is 3.08. The number of hydrogen-bond acceptors (Lipinski definition) is 3. The van der Waals surface area contributed by atoms with Gasteiger partial charge in [0.15, 0.2) is 0 Å². The highest BCUT2D eigenvalue weighted by Crippen LogP contribution is 2.23. The summed E-state index contributed by atoms with van der Waals surface area (Å²) in [5, 5.41) is 0. The van der Waals surface area contributed by atoms with Crippen molar-refractivity contribution in [2.75, 3.05) is 26.2 Å². The number of nitrogens with two attached hydrogens (primary N) is 1. The van der Waals surface area contributed by atoms with E-state index in [1.807, 2.05) is 0 Å². The molecule has 20 heavy (non-hydrogen) atoms. The van der Waals surface area contributed by atoms with Crippen molar-refractivity contribution in [1.82, 2.24) is 4.90 Å². The Labute approximate surface area is 123 Å². The quantitative estimate of drug-likeness (QED) is 0.898. The second kappa shape index (κ2) is 7.77. The molecule has 0 radical (unpaired) electrons. The standard InChI is InChI=1S/C17H28N2O/c1-14(16-7-4-3-5-8-16)11-17(12-18)19-9-6-10-20-15(2)13-19/h3-5,7-8,14-15,17H,6,9-13,18H2,1-2H3. The van der Waals surface area contributed by atoms with Gasteiger partial charge in [0.25, 0.3) is 0 Å². The van der Waals surface area contributed by atoms with Crippen molar-refractivity contribution < 1.29 is 4.74 Å². The van der Waals surface area contributed by atoms with Crippen molar-refractivity contribution in [3.05, 3.63) is 35.9 Å². The van der Waals surface area contributed by atoms with Crippen molar-refractivity contribution in [2.24, 2.45) is 5.73 Å². The van der Waals surface area contributed by atoms with E-state index in [1.165, 1.54) is 5.56 Å². The first kappa shape index (κ1) is 15.5. The average molecular weight is 276 g/mol. The highest BCUT2D eigenvalue weighted by atomic mass is 16.5. The maximum Gasteiger partial charge on any atom is 0.0674 e. The van der Waals surface area contributed by atoms with Crippen LogP contribution in [-0.4, -0.2) is 43.3 Å². The molecule has 1 aliphatic heterocycles. The third-order valence-corrected chi connectivity index (χ3v) is 4.27. The van der Waals surface area contributed by atoms with Gasteiger partial charge in [0.05, 0.1) is 6.10 Å². The van der Waals surface area contributed by atoms with Crippen LogP contribution in [0.1, 0.15) is 38.2 Å². The lowest BCUT2D eigenvalue weighted by Gasteiger charge is -2.32. The molecule has 1 aromatic carbocycles. The van der Waals surface area contributed by atoms with Crippen molar-refractivity contribution in [3.63, 3.8) is 0 Å². The lowest BCUT2D eigenvalue weighted by molar-refractivity contribution is 0.0599. The molecule has 1 heterocycles. The highest BCUT2D eigenvalue weighted by molar-refractivity contribution is 5.18. The summed E-state index contributed by atoms with van der Waals surface area (Å²) in [7, 11) is 0. The van der Waals surface area contributed by atoms with Crippen LogP contribution in [0.3, 0.4) is 0 Å². The van der Waals surface area contributed by atoms with Gasteiger partial charge >= 0.3 is 0 Å². The van der Waals surface area contributed by atoms with Gasteiger partial charge < -0.3 is 10.5 Å². The molecule has 1 aliphatic rings. The molecule has 3 unspecified atom stereocenters. The fraction of sp³-hybridized carbons (Fsp3) is 0.647. The Morgan fingerprint density at radius 2 is 2.10 bits per heavy atom. The van der Waals surface area contributed by atoms with Crippen LogP contribution in [0.5, 0.6) is 0 Å². The molecule has 3 atom stereocenters. The molecule has 1 aromatic rings. The molecule has 1 saturated heterocycles. The Kier molecular flexibility index (Phi) is 6.02. The highest BCUT2D eigenvalue weighted by Gasteiger charge is 2.23. The predicted octanol–water partition coefficient (Wildman–Crippen LogP) is 2.62. The smallest absolute Gasteiger partial charge is 0.0674 e. The zero-order valence-electron chi connectivity index (χ0n) is 12.8. The monoisotopic (exact) mass is 276 g/mol. The normalized spacial score (nSPS) is 24.1. The summed E-state index contributed by atoms with van der Waals surface area (Å²) >= 11 is 0. The zero-order valence-corrected chi connectivity index (χ0v) is 12.8. The summed E-state index contributed by atoms with van der Waals surface area (Å²) in [4.78, 5) is 2.52. The summed E-state index contributed by atoms with van der Waals surface area (Å²) in [6.07, 6.45) is 2.55. The van der Waals surface area contributed by atoms with Crippen molar-refractivity contribution >= 4 is 0 Å². The van der Waals surface area contributed by atoms with Crippen LogP contribution in [-0.2, 0) is 4.74 Å². The van der Waals surface area contributed by atoms with E-state index < -0.39 is 0 Å². The van der Waals surface area contributed by atoms with Crippen LogP contribution in [0, 0.1) is 0 Å². The molecule has 0 aliphatic carbocycles. The van der Waals surface area contributed by atoms with Crippen LogP contribution < -0.4 is 5.73 Å². The molecule has 0 saturated carbocycles. The van der Waals surface area contributed by atoms with Gasteiger partial charge in [-0.1, -0.05) is 37.3 Å². The number of hydrogen-bond donors (Lipinski definition) is 1. The number of ether oxygens (including phenoxy) is 1. The first-order valence-electron chi connectivity index (χ1n) is 7.81. The first-order valence-corrected chi connectivity index (χ1v) is 7.81. The van der Waals surface area contributed by atoms with Crippen LogP contribution in [0.2, 0.25) is 0 Å². The molecule has 3 nitrogen and oxygen atoms in total. The molecule has 1 fully saturated rings. The van der Waals surface area contributed by atoms with Crippen molar-refractivity contribution in [2.45, 2.75) is 44.8 Å². The van der Waals surface area contributed by atoms with E-state index in [2.05, 4.69) is 49.1 Å². The number of nitrogens with zero attached hydrogens (tertiary/aromatic N) is 1. The SMILES string of the molecule is CC1CN(C(CN)CC(C)c2ccccc2)CCCO1. The van der Waals surface area contributed by atoms with Crippen LogP contribution in [0.25, 0.3) is 0 Å². The number of benzene rings is 1. The summed E-state index contributed by atoms with van der Waals surface area (Å²) in [5.41, 5.74) is 7.45. The van der Waals surface area contributed by atoms with E-state index in [-0.39, 0.29) is 0 Å². The Bertz CT molecular complexity index is 382. The van der Waals surface area contributed by atoms with Crippen LogP contribution in [0.4, 0.5) is 0 Å². The lowest BCUT2D eigenvalue weighted by atomic mass is 9.93. The molecule has 3 heteroatoms. The average Bonchev–Trinajstić information content (AvgIpc) is 2.70. The fourth-order valence-corrected chi connectivity index (χ4v) is 3.08. The molecule has 2 rings (SSSR count). The van der Waals surface area contributed by atoms with Crippen molar-refractivity contribution in [1.29, 1.82) is 0 Å². The van der Waals surface area contributed by atoms with E-state index in [0.717, 1.165) is 39.1 Å². The van der Waals surface area contributed by atoms with Gasteiger partial charge in [0, 0.05) is 32.3 Å². The largest absolute Gasteiger partial charge is 0.377 e. The molecule has 2 N–H and O–H groups in total. The minimum atomic E-state index is 0.318. The third-order valence-electron chi connectivity index (χ3n) is 4.27. The predicted molar refractivity (Wildman–Crippen MR) is 83.9 cm³/mol. The number of rotatable bonds is 5. The van der Waals surface area contributed by atoms with Crippen LogP contribution >= 0.6 is 0 Å². The maximum absolute atomic E-state index is 6.04. The summed E-state index contributed by atoms with van der Waals surface area (Å²) in [6, 6.07) is 11.2. The second-order valence-electron chi connectivity index (χ2n) is 5.97. The van der Waals surface area contributed by atoms with E-state index >= 15 is 0 Å². The van der Waals surface area contributed by atoms with E-state index in [9.17, 15) is 0 Å². The van der Waals surface area contributed by atoms with Gasteiger partial charge in [-0.05, 0) is 31.2 Å². The Hall–Kier alpha value is -0.900. The van der Waals surface area contributed by atoms with Crippen molar-refractivity contribution in [3.8, 4) is 0 Å².